The average molecular weight is 611 g/mol. The molecule has 0 aromatic heterocycles. The van der Waals surface area contributed by atoms with Crippen LogP contribution < -0.4 is 0 Å². The summed E-state index contributed by atoms with van der Waals surface area (Å²) in [7, 11) is 11.0. The van der Waals surface area contributed by atoms with Crippen LogP contribution in [0.5, 0.6) is 0 Å². The fourth-order valence-corrected chi connectivity index (χ4v) is 4.28. The summed E-state index contributed by atoms with van der Waals surface area (Å²) in [5.41, 5.74) is 8.18. The molecule has 5 rings (SSSR count). The molecule has 186 valence electrons. The molecular formula is C32H36Cl2SiZr. The molecule has 0 fully saturated rings. The Bertz CT molecular complexity index is 1330. The van der Waals surface area contributed by atoms with Gasteiger partial charge in [0.1, 0.15) is 0 Å². The Morgan fingerprint density at radius 2 is 1.33 bits per heavy atom. The molecule has 0 saturated carbocycles. The molecule has 2 radical (unpaired) electrons. The molecule has 0 aliphatic carbocycles. The van der Waals surface area contributed by atoms with Gasteiger partial charge in [-0.1, -0.05) is 87.0 Å². The van der Waals surface area contributed by atoms with Crippen LogP contribution in [0.2, 0.25) is 13.1 Å². The van der Waals surface area contributed by atoms with E-state index >= 15 is 0 Å². The molecule has 0 nitrogen and oxygen atoms in total. The maximum absolute atomic E-state index is 4.93. The number of benzene rings is 3. The summed E-state index contributed by atoms with van der Waals surface area (Å²) in [6.07, 6.45) is 0. The molecule has 0 unspecified atom stereocenters. The van der Waals surface area contributed by atoms with Gasteiger partial charge < -0.3 is 0 Å². The minimum atomic E-state index is -0.826. The van der Waals surface area contributed by atoms with Gasteiger partial charge in [-0.15, -0.1) is 69.1 Å². The summed E-state index contributed by atoms with van der Waals surface area (Å²) in [5, 5.41) is 5.50. The van der Waals surface area contributed by atoms with Gasteiger partial charge in [0, 0.05) is 9.52 Å². The standard InChI is InChI=1S/C17H15.C13H15.C2H6Si.2ClH.Zr/c1-12-10-15-9-8-13(2)17(16(15)11-12)14-6-4-3-5-7-14;1-9(2)12-7-11-6-4-5-10(3)13(11)8-12;1-3-2;;;/h3-11H,1-2H3;4-9H,1-3H3;1-2H3;2*1H;/q2*-1;;;;+4/p-2. The monoisotopic (exact) mass is 608 g/mol. The summed E-state index contributed by atoms with van der Waals surface area (Å²) in [6, 6.07) is 30.7. The molecule has 0 aliphatic heterocycles. The Morgan fingerprint density at radius 3 is 1.92 bits per heavy atom. The van der Waals surface area contributed by atoms with E-state index in [0.717, 1.165) is 9.52 Å². The molecule has 0 atom stereocenters. The predicted molar refractivity (Wildman–Crippen MR) is 162 cm³/mol. The van der Waals surface area contributed by atoms with Crippen molar-refractivity contribution >= 4 is 48.1 Å². The quantitative estimate of drug-likeness (QED) is 0.138. The van der Waals surface area contributed by atoms with Gasteiger partial charge in [0.05, 0.1) is 0 Å². The van der Waals surface area contributed by atoms with Gasteiger partial charge in [0.15, 0.2) is 0 Å². The van der Waals surface area contributed by atoms with Crippen LogP contribution in [0.4, 0.5) is 0 Å². The van der Waals surface area contributed by atoms with Gasteiger partial charge in [-0.2, -0.15) is 12.1 Å². The zero-order valence-corrected chi connectivity index (χ0v) is 27.4. The summed E-state index contributed by atoms with van der Waals surface area (Å²) in [4.78, 5) is 0. The van der Waals surface area contributed by atoms with Crippen LogP contribution in [0, 0.1) is 20.8 Å². The fourth-order valence-electron chi connectivity index (χ4n) is 4.28. The molecule has 5 aromatic rings. The van der Waals surface area contributed by atoms with Crippen molar-refractivity contribution in [3.8, 4) is 11.1 Å². The Morgan fingerprint density at radius 1 is 0.722 bits per heavy atom. The topological polar surface area (TPSA) is 0 Å². The van der Waals surface area contributed by atoms with Crippen molar-refractivity contribution in [2.45, 2.75) is 53.6 Å². The Labute approximate surface area is 239 Å². The van der Waals surface area contributed by atoms with E-state index in [2.05, 4.69) is 133 Å². The van der Waals surface area contributed by atoms with Gasteiger partial charge in [-0.05, 0) is 25.3 Å². The summed E-state index contributed by atoms with van der Waals surface area (Å²) in [5.74, 6) is 0.631. The van der Waals surface area contributed by atoms with E-state index in [-0.39, 0.29) is 0 Å². The molecule has 5 aromatic carbocycles. The molecule has 0 aliphatic rings. The van der Waals surface area contributed by atoms with Crippen LogP contribution in [0.25, 0.3) is 32.7 Å². The summed E-state index contributed by atoms with van der Waals surface area (Å²) >= 11 is -0.826. The third-order valence-corrected chi connectivity index (χ3v) is 5.96. The van der Waals surface area contributed by atoms with Gasteiger partial charge in [-0.25, -0.2) is 0 Å². The van der Waals surface area contributed by atoms with Crippen molar-refractivity contribution in [2.24, 2.45) is 0 Å². The molecule has 0 bridgehead atoms. The molecular weight excluding hydrogens is 575 g/mol. The molecule has 4 heteroatoms. The first-order valence-corrected chi connectivity index (χ1v) is 20.5. The summed E-state index contributed by atoms with van der Waals surface area (Å²) in [6.45, 7) is 15.3. The number of hydrogen-bond donors (Lipinski definition) is 0. The van der Waals surface area contributed by atoms with Crippen molar-refractivity contribution in [3.05, 3.63) is 107 Å². The van der Waals surface area contributed by atoms with Crippen molar-refractivity contribution in [2.75, 3.05) is 0 Å². The second kappa shape index (κ2) is 15.7. The first-order valence-electron chi connectivity index (χ1n) is 12.2. The fraction of sp³-hybridized carbons (Fsp3) is 0.250. The van der Waals surface area contributed by atoms with E-state index in [0.29, 0.717) is 5.92 Å². The number of fused-ring (bicyclic) bond motifs is 2. The Balaban J connectivity index is 0.000000213. The molecule has 0 heterocycles. The number of aryl methyl sites for hydroxylation is 3. The average Bonchev–Trinajstić information content (AvgIpc) is 3.45. The van der Waals surface area contributed by atoms with Crippen LogP contribution in [-0.2, 0) is 20.8 Å². The van der Waals surface area contributed by atoms with Crippen molar-refractivity contribution in [1.82, 2.24) is 0 Å². The Kier molecular flexibility index (Phi) is 13.4. The van der Waals surface area contributed by atoms with E-state index in [9.17, 15) is 0 Å². The predicted octanol–water partition coefficient (Wildman–Crippen LogP) is 11.0. The third kappa shape index (κ3) is 8.56. The van der Waals surface area contributed by atoms with E-state index in [4.69, 9.17) is 17.0 Å². The van der Waals surface area contributed by atoms with Crippen LogP contribution in [0.3, 0.4) is 0 Å². The van der Waals surface area contributed by atoms with Crippen LogP contribution >= 0.6 is 17.0 Å². The zero-order chi connectivity index (χ0) is 26.7. The maximum atomic E-state index is 4.93. The molecule has 36 heavy (non-hydrogen) atoms. The molecule has 0 saturated heterocycles. The summed E-state index contributed by atoms with van der Waals surface area (Å²) < 4.78 is 0. The van der Waals surface area contributed by atoms with E-state index in [1.807, 2.05) is 0 Å². The van der Waals surface area contributed by atoms with E-state index < -0.39 is 20.8 Å². The van der Waals surface area contributed by atoms with Gasteiger partial charge in [0.25, 0.3) is 0 Å². The minimum absolute atomic E-state index is 0.631. The number of rotatable bonds is 2. The second-order valence-corrected chi connectivity index (χ2v) is 14.0. The van der Waals surface area contributed by atoms with Crippen molar-refractivity contribution in [3.63, 3.8) is 0 Å². The first kappa shape index (κ1) is 30.8. The zero-order valence-electron chi connectivity index (χ0n) is 22.4. The van der Waals surface area contributed by atoms with Crippen LogP contribution in [0.1, 0.15) is 42.0 Å². The van der Waals surface area contributed by atoms with Gasteiger partial charge in [0.2, 0.25) is 0 Å². The number of hydrogen-bond acceptors (Lipinski definition) is 0. The Hall–Kier alpha value is -1.44. The normalized spacial score (nSPS) is 10.1. The number of halogens is 2. The molecule has 0 N–H and O–H groups in total. The van der Waals surface area contributed by atoms with Crippen LogP contribution in [-0.4, -0.2) is 9.52 Å². The van der Waals surface area contributed by atoms with Crippen molar-refractivity contribution < 1.29 is 20.8 Å². The molecule has 0 spiro atoms. The van der Waals surface area contributed by atoms with Crippen LogP contribution in [0.15, 0.2) is 84.9 Å². The SMILES string of the molecule is C[Si]C.Cc1cc2c(-c3ccccc3)c(C)ccc2[cH-]1.Cc1cccc2[cH-]c(C(C)C)cc12.[Cl][Zr+2][Cl]. The van der Waals surface area contributed by atoms with Gasteiger partial charge in [-0.3, -0.25) is 0 Å². The van der Waals surface area contributed by atoms with Crippen molar-refractivity contribution in [1.29, 1.82) is 0 Å². The van der Waals surface area contributed by atoms with E-state index in [1.54, 1.807) is 0 Å². The third-order valence-electron chi connectivity index (χ3n) is 5.96. The van der Waals surface area contributed by atoms with E-state index in [1.165, 1.54) is 54.9 Å². The first-order chi connectivity index (χ1) is 17.3. The van der Waals surface area contributed by atoms with Gasteiger partial charge >= 0.3 is 37.9 Å². The second-order valence-electron chi connectivity index (χ2n) is 9.25. The molecule has 0 amide bonds.